The number of benzene rings is 2. The minimum Gasteiger partial charge on any atom is -0.352 e. The van der Waals surface area contributed by atoms with Gasteiger partial charge in [-0.25, -0.2) is 4.39 Å². The quantitative estimate of drug-likeness (QED) is 0.815. The van der Waals surface area contributed by atoms with Crippen molar-refractivity contribution in [3.05, 3.63) is 76.0 Å². The molecule has 2 aromatic carbocycles. The third-order valence-electron chi connectivity index (χ3n) is 2.88. The fourth-order valence-corrected chi connectivity index (χ4v) is 2.28. The van der Waals surface area contributed by atoms with Crippen molar-refractivity contribution in [1.82, 2.24) is 5.32 Å². The minimum atomic E-state index is -0.256. The van der Waals surface area contributed by atoms with Crippen molar-refractivity contribution >= 4 is 27.9 Å². The lowest BCUT2D eigenvalue weighted by Gasteiger charge is -2.03. The van der Waals surface area contributed by atoms with Crippen molar-refractivity contribution < 1.29 is 9.18 Å². The zero-order valence-electron chi connectivity index (χ0n) is 11.4. The van der Waals surface area contributed by atoms with Crippen LogP contribution in [0.5, 0.6) is 0 Å². The normalized spacial score (nSPS) is 10.8. The van der Waals surface area contributed by atoms with E-state index in [2.05, 4.69) is 21.2 Å². The Morgan fingerprint density at radius 1 is 1.19 bits per heavy atom. The maximum absolute atomic E-state index is 13.0. The molecule has 0 bridgehead atoms. The van der Waals surface area contributed by atoms with Gasteiger partial charge in [0.2, 0.25) is 5.91 Å². The Morgan fingerprint density at radius 3 is 2.76 bits per heavy atom. The molecule has 2 aromatic rings. The lowest BCUT2D eigenvalue weighted by atomic mass is 10.1. The summed E-state index contributed by atoms with van der Waals surface area (Å²) >= 11 is 3.38. The molecule has 0 saturated heterocycles. The number of nitrogens with one attached hydrogen (secondary N) is 1. The average Bonchev–Trinajstić information content (AvgIpc) is 2.45. The molecular formula is C17H15BrFNO. The van der Waals surface area contributed by atoms with Crippen LogP contribution in [0.25, 0.3) is 6.08 Å². The van der Waals surface area contributed by atoms with Crippen molar-refractivity contribution in [3.8, 4) is 0 Å². The molecule has 0 aliphatic heterocycles. The van der Waals surface area contributed by atoms with Gasteiger partial charge in [0.25, 0.3) is 0 Å². The second kappa shape index (κ2) is 7.74. The highest BCUT2D eigenvalue weighted by Gasteiger charge is 1.98. The monoisotopic (exact) mass is 347 g/mol. The maximum Gasteiger partial charge on any atom is 0.244 e. The van der Waals surface area contributed by atoms with Gasteiger partial charge in [0, 0.05) is 17.1 Å². The molecule has 4 heteroatoms. The van der Waals surface area contributed by atoms with Crippen molar-refractivity contribution in [2.24, 2.45) is 0 Å². The van der Waals surface area contributed by atoms with Gasteiger partial charge in [0.05, 0.1) is 0 Å². The molecule has 0 spiro atoms. The third kappa shape index (κ3) is 5.52. The molecule has 108 valence electrons. The fourth-order valence-electron chi connectivity index (χ4n) is 1.86. The highest BCUT2D eigenvalue weighted by Crippen LogP contribution is 2.12. The molecule has 0 unspecified atom stereocenters. The van der Waals surface area contributed by atoms with Crippen LogP contribution in [0.4, 0.5) is 4.39 Å². The number of carbonyl (C=O) groups excluding carboxylic acids is 1. The lowest BCUT2D eigenvalue weighted by molar-refractivity contribution is -0.116. The predicted octanol–water partition coefficient (Wildman–Crippen LogP) is 3.96. The molecule has 1 amide bonds. The second-order valence-corrected chi connectivity index (χ2v) is 5.47. The first-order chi connectivity index (χ1) is 10.1. The molecule has 0 aliphatic rings. The van der Waals surface area contributed by atoms with E-state index in [1.165, 1.54) is 18.2 Å². The van der Waals surface area contributed by atoms with E-state index in [4.69, 9.17) is 0 Å². The summed E-state index contributed by atoms with van der Waals surface area (Å²) < 4.78 is 14.0. The maximum atomic E-state index is 13.0. The van der Waals surface area contributed by atoms with E-state index >= 15 is 0 Å². The molecular weight excluding hydrogens is 333 g/mol. The van der Waals surface area contributed by atoms with Crippen LogP contribution in [0.3, 0.4) is 0 Å². The summed E-state index contributed by atoms with van der Waals surface area (Å²) in [5, 5.41) is 2.78. The smallest absolute Gasteiger partial charge is 0.244 e. The van der Waals surface area contributed by atoms with E-state index in [9.17, 15) is 9.18 Å². The molecule has 0 radical (unpaired) electrons. The van der Waals surface area contributed by atoms with Gasteiger partial charge in [-0.15, -0.1) is 0 Å². The molecule has 21 heavy (non-hydrogen) atoms. The number of hydrogen-bond acceptors (Lipinski definition) is 1. The van der Waals surface area contributed by atoms with Crippen LogP contribution in [-0.2, 0) is 11.2 Å². The van der Waals surface area contributed by atoms with Gasteiger partial charge in [-0.3, -0.25) is 4.79 Å². The summed E-state index contributed by atoms with van der Waals surface area (Å²) in [7, 11) is 0. The molecule has 2 nitrogen and oxygen atoms in total. The van der Waals surface area contributed by atoms with Crippen LogP contribution in [-0.4, -0.2) is 12.5 Å². The van der Waals surface area contributed by atoms with Crippen LogP contribution >= 0.6 is 15.9 Å². The van der Waals surface area contributed by atoms with Gasteiger partial charge < -0.3 is 5.32 Å². The number of amides is 1. The summed E-state index contributed by atoms with van der Waals surface area (Å²) in [5.74, 6) is -0.417. The molecule has 0 heterocycles. The summed E-state index contributed by atoms with van der Waals surface area (Å²) in [6.07, 6.45) is 3.85. The Kier molecular flexibility index (Phi) is 5.69. The van der Waals surface area contributed by atoms with E-state index in [0.29, 0.717) is 13.0 Å². The van der Waals surface area contributed by atoms with Crippen molar-refractivity contribution in [2.45, 2.75) is 6.42 Å². The summed E-state index contributed by atoms with van der Waals surface area (Å²) in [6, 6.07) is 14.1. The Morgan fingerprint density at radius 2 is 2.00 bits per heavy atom. The Labute approximate surface area is 131 Å². The summed E-state index contributed by atoms with van der Waals surface area (Å²) in [4.78, 5) is 11.7. The lowest BCUT2D eigenvalue weighted by Crippen LogP contribution is -2.23. The van der Waals surface area contributed by atoms with Crippen molar-refractivity contribution in [1.29, 1.82) is 0 Å². The number of hydrogen-bond donors (Lipinski definition) is 1. The molecule has 2 rings (SSSR count). The predicted molar refractivity (Wildman–Crippen MR) is 86.3 cm³/mol. The first-order valence-corrected chi connectivity index (χ1v) is 7.39. The Bertz CT molecular complexity index is 655. The molecule has 0 aromatic heterocycles. The van der Waals surface area contributed by atoms with Gasteiger partial charge in [0.15, 0.2) is 0 Å². The van der Waals surface area contributed by atoms with Gasteiger partial charge in [-0.1, -0.05) is 40.2 Å². The Balaban J connectivity index is 1.80. The van der Waals surface area contributed by atoms with Crippen molar-refractivity contribution in [3.63, 3.8) is 0 Å². The minimum absolute atomic E-state index is 0.161. The third-order valence-corrected chi connectivity index (χ3v) is 3.37. The zero-order valence-corrected chi connectivity index (χ0v) is 12.9. The van der Waals surface area contributed by atoms with Crippen LogP contribution in [0.2, 0.25) is 0 Å². The number of rotatable bonds is 5. The van der Waals surface area contributed by atoms with E-state index < -0.39 is 0 Å². The first kappa shape index (κ1) is 15.4. The van der Waals surface area contributed by atoms with Gasteiger partial charge >= 0.3 is 0 Å². The van der Waals surface area contributed by atoms with Gasteiger partial charge in [-0.05, 0) is 47.9 Å². The highest BCUT2D eigenvalue weighted by atomic mass is 79.9. The number of carbonyl (C=O) groups is 1. The second-order valence-electron chi connectivity index (χ2n) is 4.56. The van der Waals surface area contributed by atoms with E-state index in [1.807, 2.05) is 30.3 Å². The molecule has 0 aliphatic carbocycles. The van der Waals surface area contributed by atoms with Gasteiger partial charge in [-0.2, -0.15) is 0 Å². The molecule has 0 atom stereocenters. The van der Waals surface area contributed by atoms with Crippen LogP contribution in [0, 0.1) is 5.82 Å². The van der Waals surface area contributed by atoms with Crippen LogP contribution in [0.1, 0.15) is 11.1 Å². The van der Waals surface area contributed by atoms with E-state index in [0.717, 1.165) is 15.6 Å². The van der Waals surface area contributed by atoms with E-state index in [1.54, 1.807) is 12.1 Å². The summed E-state index contributed by atoms with van der Waals surface area (Å²) in [5.41, 5.74) is 1.82. The zero-order chi connectivity index (χ0) is 15.1. The van der Waals surface area contributed by atoms with E-state index in [-0.39, 0.29) is 11.7 Å². The SMILES string of the molecule is O=C(/C=C/c1cccc(Br)c1)NCCc1cccc(F)c1. The Hall–Kier alpha value is -1.94. The number of halogens is 2. The standard InChI is InChI=1S/C17H15BrFNO/c18-15-5-1-3-13(11-15)7-8-17(21)20-10-9-14-4-2-6-16(19)12-14/h1-8,11-12H,9-10H2,(H,20,21)/b8-7+. The average molecular weight is 348 g/mol. The molecule has 0 fully saturated rings. The van der Waals surface area contributed by atoms with Gasteiger partial charge in [0.1, 0.15) is 5.82 Å². The van der Waals surface area contributed by atoms with Crippen molar-refractivity contribution in [2.75, 3.05) is 6.54 Å². The molecule has 1 N–H and O–H groups in total. The topological polar surface area (TPSA) is 29.1 Å². The highest BCUT2D eigenvalue weighted by molar-refractivity contribution is 9.10. The summed E-state index contributed by atoms with van der Waals surface area (Å²) in [6.45, 7) is 0.477. The van der Waals surface area contributed by atoms with Crippen LogP contribution in [0.15, 0.2) is 59.1 Å². The molecule has 0 saturated carbocycles. The van der Waals surface area contributed by atoms with Crippen LogP contribution < -0.4 is 5.32 Å². The largest absolute Gasteiger partial charge is 0.352 e. The first-order valence-electron chi connectivity index (χ1n) is 6.59. The fraction of sp³-hybridized carbons (Fsp3) is 0.118.